The Morgan fingerprint density at radius 3 is 2.15 bits per heavy atom. The number of anilines is 1. The van der Waals surface area contributed by atoms with E-state index in [0.717, 1.165) is 16.7 Å². The summed E-state index contributed by atoms with van der Waals surface area (Å²) in [6.45, 7) is 14.3. The van der Waals surface area contributed by atoms with Crippen molar-refractivity contribution < 1.29 is 5.11 Å². The Hall–Kier alpha value is -2.63. The van der Waals surface area contributed by atoms with Crippen LogP contribution in [0, 0.1) is 0 Å². The molecular weight excluding hydrogens is 340 g/mol. The standard InChI is InChI=1S/C21H30N4O2/c1-8-14-11-17(26)24-19(23-14)25-22-12-13-9-15(20(2,3)4)18(27)16(10-13)21(5,6)7/h9-12,27H,8H2,1-7H3,(H2,23,24,25,26)/b22-12-. The number of aromatic amines is 1. The fourth-order valence-corrected chi connectivity index (χ4v) is 2.78. The van der Waals surface area contributed by atoms with Crippen LogP contribution in [0.25, 0.3) is 0 Å². The van der Waals surface area contributed by atoms with Gasteiger partial charge in [-0.15, -0.1) is 0 Å². The Labute approximate surface area is 160 Å². The van der Waals surface area contributed by atoms with Crippen molar-refractivity contribution in [3.63, 3.8) is 0 Å². The van der Waals surface area contributed by atoms with Gasteiger partial charge in [0.15, 0.2) is 0 Å². The van der Waals surface area contributed by atoms with Crippen LogP contribution < -0.4 is 11.0 Å². The van der Waals surface area contributed by atoms with Crippen LogP contribution in [0.15, 0.2) is 28.1 Å². The molecule has 0 amide bonds. The fourth-order valence-electron chi connectivity index (χ4n) is 2.78. The van der Waals surface area contributed by atoms with Crippen LogP contribution in [0.4, 0.5) is 5.95 Å². The van der Waals surface area contributed by atoms with Crippen LogP contribution in [0.3, 0.4) is 0 Å². The number of hydrogen-bond acceptors (Lipinski definition) is 5. The first kappa shape index (κ1) is 20.7. The van der Waals surface area contributed by atoms with Crippen LogP contribution >= 0.6 is 0 Å². The molecule has 0 saturated carbocycles. The summed E-state index contributed by atoms with van der Waals surface area (Å²) >= 11 is 0. The first-order valence-corrected chi connectivity index (χ1v) is 9.19. The first-order valence-electron chi connectivity index (χ1n) is 9.19. The Balaban J connectivity index is 2.39. The van der Waals surface area contributed by atoms with Gasteiger partial charge in [-0.2, -0.15) is 5.10 Å². The zero-order chi connectivity index (χ0) is 20.4. The summed E-state index contributed by atoms with van der Waals surface area (Å²) in [5.74, 6) is 0.642. The minimum absolute atomic E-state index is 0.205. The Kier molecular flexibility index (Phi) is 5.78. The topological polar surface area (TPSA) is 90.4 Å². The number of nitrogens with zero attached hydrogens (tertiary/aromatic N) is 2. The third-order valence-corrected chi connectivity index (χ3v) is 4.29. The molecule has 0 saturated heterocycles. The van der Waals surface area contributed by atoms with E-state index in [-0.39, 0.29) is 16.4 Å². The van der Waals surface area contributed by atoms with Crippen LogP contribution in [-0.4, -0.2) is 21.3 Å². The highest BCUT2D eigenvalue weighted by atomic mass is 16.3. The predicted octanol–water partition coefficient (Wildman–Crippen LogP) is 4.08. The van der Waals surface area contributed by atoms with Crippen LogP contribution in [0.5, 0.6) is 5.75 Å². The minimum atomic E-state index is -0.214. The molecule has 146 valence electrons. The Morgan fingerprint density at radius 2 is 1.67 bits per heavy atom. The quantitative estimate of drug-likeness (QED) is 0.559. The smallest absolute Gasteiger partial charge is 0.252 e. The van der Waals surface area contributed by atoms with Gasteiger partial charge < -0.3 is 5.11 Å². The third-order valence-electron chi connectivity index (χ3n) is 4.29. The molecule has 6 nitrogen and oxygen atoms in total. The number of nitrogens with one attached hydrogen (secondary N) is 2. The van der Waals surface area contributed by atoms with Crippen molar-refractivity contribution in [2.24, 2.45) is 5.10 Å². The number of H-pyrrole nitrogens is 1. The van der Waals surface area contributed by atoms with Gasteiger partial charge in [-0.05, 0) is 34.9 Å². The van der Waals surface area contributed by atoms with E-state index in [1.54, 1.807) is 6.21 Å². The van der Waals surface area contributed by atoms with Crippen LogP contribution in [0.1, 0.15) is 70.9 Å². The summed E-state index contributed by atoms with van der Waals surface area (Å²) in [6.07, 6.45) is 2.34. The van der Waals surface area contributed by atoms with Gasteiger partial charge in [0, 0.05) is 22.9 Å². The molecule has 2 aromatic rings. The maximum absolute atomic E-state index is 11.6. The van der Waals surface area contributed by atoms with Crippen LogP contribution in [-0.2, 0) is 17.3 Å². The minimum Gasteiger partial charge on any atom is -0.507 e. The van der Waals surface area contributed by atoms with E-state index in [0.29, 0.717) is 23.8 Å². The molecule has 0 bridgehead atoms. The second-order valence-corrected chi connectivity index (χ2v) is 8.77. The van der Waals surface area contributed by atoms with Gasteiger partial charge in [-0.3, -0.25) is 9.78 Å². The lowest BCUT2D eigenvalue weighted by Crippen LogP contribution is -2.18. The van der Waals surface area contributed by atoms with E-state index < -0.39 is 0 Å². The van der Waals surface area contributed by atoms with Gasteiger partial charge in [0.2, 0.25) is 5.95 Å². The summed E-state index contributed by atoms with van der Waals surface area (Å²) in [6, 6.07) is 5.35. The molecule has 1 aromatic carbocycles. The van der Waals surface area contributed by atoms with E-state index >= 15 is 0 Å². The molecule has 0 fully saturated rings. The predicted molar refractivity (Wildman–Crippen MR) is 111 cm³/mol. The van der Waals surface area contributed by atoms with Crippen molar-refractivity contribution in [3.8, 4) is 5.75 Å². The highest BCUT2D eigenvalue weighted by molar-refractivity contribution is 5.82. The molecule has 0 spiro atoms. The van der Waals surface area contributed by atoms with Crippen LogP contribution in [0.2, 0.25) is 0 Å². The number of aromatic nitrogens is 2. The lowest BCUT2D eigenvalue weighted by atomic mass is 9.78. The van der Waals surface area contributed by atoms with Crippen molar-refractivity contribution in [2.75, 3.05) is 5.43 Å². The molecule has 27 heavy (non-hydrogen) atoms. The number of phenolic OH excluding ortho intramolecular Hbond substituents is 1. The van der Waals surface area contributed by atoms with Gasteiger partial charge in [0.1, 0.15) is 5.75 Å². The van der Waals surface area contributed by atoms with Crippen molar-refractivity contribution in [1.82, 2.24) is 9.97 Å². The van der Waals surface area contributed by atoms with E-state index in [1.807, 2.05) is 19.1 Å². The monoisotopic (exact) mass is 370 g/mol. The molecule has 1 heterocycles. The maximum Gasteiger partial charge on any atom is 0.252 e. The zero-order valence-corrected chi connectivity index (χ0v) is 17.3. The van der Waals surface area contributed by atoms with E-state index in [2.05, 4.69) is 62.0 Å². The van der Waals surface area contributed by atoms with Crippen molar-refractivity contribution in [1.29, 1.82) is 0 Å². The molecule has 0 aliphatic carbocycles. The fraction of sp³-hybridized carbons (Fsp3) is 0.476. The summed E-state index contributed by atoms with van der Waals surface area (Å²) < 4.78 is 0. The second kappa shape index (κ2) is 7.55. The largest absolute Gasteiger partial charge is 0.507 e. The van der Waals surface area contributed by atoms with Gasteiger partial charge in [-0.25, -0.2) is 10.4 Å². The molecule has 0 unspecified atom stereocenters. The number of phenols is 1. The van der Waals surface area contributed by atoms with E-state index in [4.69, 9.17) is 0 Å². The van der Waals surface area contributed by atoms with Crippen molar-refractivity contribution in [2.45, 2.75) is 65.7 Å². The average Bonchev–Trinajstić information content (AvgIpc) is 2.53. The molecular formula is C21H30N4O2. The summed E-state index contributed by atoms with van der Waals surface area (Å²) in [5, 5.41) is 15.0. The van der Waals surface area contributed by atoms with Gasteiger partial charge in [0.25, 0.3) is 5.56 Å². The molecule has 0 radical (unpaired) electrons. The highest BCUT2D eigenvalue weighted by Crippen LogP contribution is 2.39. The molecule has 0 aliphatic rings. The third kappa shape index (κ3) is 5.18. The van der Waals surface area contributed by atoms with Gasteiger partial charge in [0.05, 0.1) is 6.21 Å². The SMILES string of the molecule is CCc1cc(=O)[nH]c(N/N=C\c2cc(C(C)(C)C)c(O)c(C(C)(C)C)c2)n1. The lowest BCUT2D eigenvalue weighted by Gasteiger charge is -2.27. The first-order chi connectivity index (χ1) is 12.4. The highest BCUT2D eigenvalue weighted by Gasteiger charge is 2.26. The van der Waals surface area contributed by atoms with E-state index in [1.165, 1.54) is 6.07 Å². The maximum atomic E-state index is 11.6. The zero-order valence-electron chi connectivity index (χ0n) is 17.3. The Morgan fingerprint density at radius 1 is 1.11 bits per heavy atom. The van der Waals surface area contributed by atoms with Gasteiger partial charge in [-0.1, -0.05) is 48.5 Å². The molecule has 2 rings (SSSR count). The molecule has 0 atom stereocenters. The number of aromatic hydroxyl groups is 1. The lowest BCUT2D eigenvalue weighted by molar-refractivity contribution is 0.423. The molecule has 3 N–H and O–H groups in total. The number of aryl methyl sites for hydroxylation is 1. The molecule has 1 aromatic heterocycles. The Bertz CT molecular complexity index is 865. The van der Waals surface area contributed by atoms with Crippen molar-refractivity contribution in [3.05, 3.63) is 50.9 Å². The summed E-state index contributed by atoms with van der Waals surface area (Å²) in [4.78, 5) is 18.5. The molecule has 0 aliphatic heterocycles. The number of hydrogen-bond donors (Lipinski definition) is 3. The summed E-state index contributed by atoms with van der Waals surface area (Å²) in [5.41, 5.74) is 5.46. The van der Waals surface area contributed by atoms with Crippen molar-refractivity contribution >= 4 is 12.2 Å². The normalized spacial score (nSPS) is 12.6. The number of rotatable bonds is 4. The second-order valence-electron chi connectivity index (χ2n) is 8.77. The number of benzene rings is 1. The average molecular weight is 370 g/mol. The summed E-state index contributed by atoms with van der Waals surface area (Å²) in [7, 11) is 0. The van der Waals surface area contributed by atoms with Gasteiger partial charge >= 0.3 is 0 Å². The number of hydrazone groups is 1. The molecule has 6 heteroatoms. The van der Waals surface area contributed by atoms with E-state index in [9.17, 15) is 9.90 Å².